The molecule has 1 unspecified atom stereocenters. The largest absolute Gasteiger partial charge is 0.396 e. The van der Waals surface area contributed by atoms with Gasteiger partial charge in [0.25, 0.3) is 0 Å². The molecular weight excluding hydrogens is 190 g/mol. The van der Waals surface area contributed by atoms with E-state index < -0.39 is 9.84 Å². The second kappa shape index (κ2) is 3.22. The van der Waals surface area contributed by atoms with Crippen LogP contribution in [0.5, 0.6) is 0 Å². The molecule has 13 heavy (non-hydrogen) atoms. The highest BCUT2D eigenvalue weighted by atomic mass is 32.2. The normalized spacial score (nSPS) is 42.1. The summed E-state index contributed by atoms with van der Waals surface area (Å²) in [7, 11) is -2.76. The predicted octanol–water partition coefficient (Wildman–Crippen LogP) is -0.856. The zero-order valence-electron chi connectivity index (χ0n) is 7.44. The first-order chi connectivity index (χ1) is 6.11. The van der Waals surface area contributed by atoms with Crippen molar-refractivity contribution in [3.05, 3.63) is 0 Å². The topological polar surface area (TPSA) is 66.4 Å². The Bertz CT molecular complexity index is 288. The number of hydrogen-bond acceptors (Lipinski definition) is 4. The van der Waals surface area contributed by atoms with Crippen molar-refractivity contribution in [1.82, 2.24) is 5.32 Å². The van der Waals surface area contributed by atoms with Crippen LogP contribution >= 0.6 is 0 Å². The van der Waals surface area contributed by atoms with Crippen LogP contribution in [-0.4, -0.2) is 43.7 Å². The van der Waals surface area contributed by atoms with E-state index in [0.29, 0.717) is 17.7 Å². The van der Waals surface area contributed by atoms with E-state index in [1.807, 2.05) is 0 Å². The summed E-state index contributed by atoms with van der Waals surface area (Å²) in [6, 6.07) is 0.495. The minimum Gasteiger partial charge on any atom is -0.396 e. The lowest BCUT2D eigenvalue weighted by atomic mass is 10.2. The Balaban J connectivity index is 1.79. The molecule has 0 spiro atoms. The summed E-state index contributed by atoms with van der Waals surface area (Å²) in [5, 5.41) is 12.1. The van der Waals surface area contributed by atoms with E-state index in [0.717, 1.165) is 12.8 Å². The van der Waals surface area contributed by atoms with Crippen LogP contribution in [0, 0.1) is 5.92 Å². The monoisotopic (exact) mass is 205 g/mol. The molecule has 1 saturated carbocycles. The Hall–Kier alpha value is -0.130. The molecule has 0 bridgehead atoms. The molecule has 0 aromatic carbocycles. The van der Waals surface area contributed by atoms with Gasteiger partial charge in [-0.05, 0) is 18.8 Å². The standard InChI is InChI=1S/C8H15NO3S/c10-4-6-3-8(6)9-7-1-2-13(11,12)5-7/h6-10H,1-5H2/t6-,7?,8+/m0/s1. The van der Waals surface area contributed by atoms with Crippen LogP contribution in [0.3, 0.4) is 0 Å². The van der Waals surface area contributed by atoms with Crippen LogP contribution in [-0.2, 0) is 9.84 Å². The van der Waals surface area contributed by atoms with Crippen LogP contribution in [0.2, 0.25) is 0 Å². The highest BCUT2D eigenvalue weighted by molar-refractivity contribution is 7.91. The van der Waals surface area contributed by atoms with Gasteiger partial charge in [-0.3, -0.25) is 0 Å². The minimum atomic E-state index is -2.76. The molecule has 0 aromatic heterocycles. The third-order valence-electron chi connectivity index (χ3n) is 2.84. The highest BCUT2D eigenvalue weighted by Gasteiger charge is 2.39. The quantitative estimate of drug-likeness (QED) is 0.629. The lowest BCUT2D eigenvalue weighted by Crippen LogP contribution is -2.33. The smallest absolute Gasteiger partial charge is 0.151 e. The lowest BCUT2D eigenvalue weighted by molar-refractivity contribution is 0.269. The average molecular weight is 205 g/mol. The maximum absolute atomic E-state index is 11.1. The first-order valence-electron chi connectivity index (χ1n) is 4.68. The van der Waals surface area contributed by atoms with Crippen molar-refractivity contribution >= 4 is 9.84 Å². The van der Waals surface area contributed by atoms with Crippen molar-refractivity contribution in [2.75, 3.05) is 18.1 Å². The van der Waals surface area contributed by atoms with Gasteiger partial charge in [0.15, 0.2) is 9.84 Å². The molecule has 76 valence electrons. The van der Waals surface area contributed by atoms with Crippen molar-refractivity contribution in [3.8, 4) is 0 Å². The Morgan fingerprint density at radius 2 is 2.23 bits per heavy atom. The molecule has 2 aliphatic rings. The Kier molecular flexibility index (Phi) is 2.33. The summed E-state index contributed by atoms with van der Waals surface area (Å²) in [5.74, 6) is 0.964. The fraction of sp³-hybridized carbons (Fsp3) is 1.00. The molecule has 3 atom stereocenters. The van der Waals surface area contributed by atoms with Crippen molar-refractivity contribution in [3.63, 3.8) is 0 Å². The van der Waals surface area contributed by atoms with E-state index in [9.17, 15) is 8.42 Å². The summed E-state index contributed by atoms with van der Waals surface area (Å²) >= 11 is 0. The molecule has 1 aliphatic carbocycles. The van der Waals surface area contributed by atoms with Crippen LogP contribution in [0.4, 0.5) is 0 Å². The van der Waals surface area contributed by atoms with E-state index >= 15 is 0 Å². The number of rotatable bonds is 3. The third kappa shape index (κ3) is 2.21. The predicted molar refractivity (Wildman–Crippen MR) is 49.2 cm³/mol. The van der Waals surface area contributed by atoms with Crippen molar-refractivity contribution in [2.45, 2.75) is 24.9 Å². The fourth-order valence-electron chi connectivity index (χ4n) is 1.88. The summed E-state index contributed by atoms with van der Waals surface area (Å²) in [6.07, 6.45) is 1.73. The van der Waals surface area contributed by atoms with Gasteiger partial charge in [-0.2, -0.15) is 0 Å². The average Bonchev–Trinajstić information content (AvgIpc) is 2.70. The van der Waals surface area contributed by atoms with E-state index in [4.69, 9.17) is 5.11 Å². The zero-order valence-corrected chi connectivity index (χ0v) is 8.26. The molecule has 1 aliphatic heterocycles. The van der Waals surface area contributed by atoms with Gasteiger partial charge in [0.05, 0.1) is 11.5 Å². The Morgan fingerprint density at radius 1 is 1.46 bits per heavy atom. The number of hydrogen-bond donors (Lipinski definition) is 2. The molecule has 0 aromatic rings. The van der Waals surface area contributed by atoms with Crippen LogP contribution < -0.4 is 5.32 Å². The van der Waals surface area contributed by atoms with Gasteiger partial charge < -0.3 is 10.4 Å². The highest BCUT2D eigenvalue weighted by Crippen LogP contribution is 2.30. The van der Waals surface area contributed by atoms with Crippen molar-refractivity contribution in [2.24, 2.45) is 5.92 Å². The number of sulfone groups is 1. The minimum absolute atomic E-state index is 0.131. The lowest BCUT2D eigenvalue weighted by Gasteiger charge is -2.09. The molecule has 0 radical (unpaired) electrons. The third-order valence-corrected chi connectivity index (χ3v) is 4.61. The molecule has 1 heterocycles. The van der Waals surface area contributed by atoms with Gasteiger partial charge in [-0.25, -0.2) is 8.42 Å². The maximum Gasteiger partial charge on any atom is 0.151 e. The zero-order chi connectivity index (χ0) is 9.47. The van der Waals surface area contributed by atoms with E-state index in [-0.39, 0.29) is 18.4 Å². The fourth-order valence-corrected chi connectivity index (χ4v) is 3.57. The van der Waals surface area contributed by atoms with Crippen LogP contribution in [0.1, 0.15) is 12.8 Å². The van der Waals surface area contributed by atoms with E-state index in [2.05, 4.69) is 5.32 Å². The summed E-state index contributed by atoms with van der Waals surface area (Å²) in [6.45, 7) is 0.219. The summed E-state index contributed by atoms with van der Waals surface area (Å²) in [4.78, 5) is 0. The second-order valence-corrected chi connectivity index (χ2v) is 6.28. The maximum atomic E-state index is 11.1. The molecule has 0 amide bonds. The summed E-state index contributed by atoms with van der Waals surface area (Å²) in [5.41, 5.74) is 0. The van der Waals surface area contributed by atoms with Gasteiger partial charge in [-0.15, -0.1) is 0 Å². The van der Waals surface area contributed by atoms with Crippen molar-refractivity contribution < 1.29 is 13.5 Å². The second-order valence-electron chi connectivity index (χ2n) is 4.05. The molecule has 5 heteroatoms. The molecule has 2 N–H and O–H groups in total. The van der Waals surface area contributed by atoms with Gasteiger partial charge >= 0.3 is 0 Å². The van der Waals surface area contributed by atoms with E-state index in [1.165, 1.54) is 0 Å². The number of nitrogens with one attached hydrogen (secondary N) is 1. The molecule has 4 nitrogen and oxygen atoms in total. The van der Waals surface area contributed by atoms with Crippen LogP contribution in [0.25, 0.3) is 0 Å². The Morgan fingerprint density at radius 3 is 2.69 bits per heavy atom. The first kappa shape index (κ1) is 9.43. The molecular formula is C8H15NO3S. The van der Waals surface area contributed by atoms with E-state index in [1.54, 1.807) is 0 Å². The van der Waals surface area contributed by atoms with Crippen molar-refractivity contribution in [1.29, 1.82) is 0 Å². The van der Waals surface area contributed by atoms with Gasteiger partial charge in [-0.1, -0.05) is 0 Å². The Labute approximate surface area is 78.3 Å². The molecule has 2 rings (SSSR count). The van der Waals surface area contributed by atoms with Gasteiger partial charge in [0.2, 0.25) is 0 Å². The first-order valence-corrected chi connectivity index (χ1v) is 6.50. The van der Waals surface area contributed by atoms with Gasteiger partial charge in [0, 0.05) is 18.7 Å². The van der Waals surface area contributed by atoms with Crippen LogP contribution in [0.15, 0.2) is 0 Å². The van der Waals surface area contributed by atoms with Gasteiger partial charge in [0.1, 0.15) is 0 Å². The molecule has 1 saturated heterocycles. The summed E-state index contributed by atoms with van der Waals surface area (Å²) < 4.78 is 22.2. The SMILES string of the molecule is O=S1(=O)CCC(N[C@@H]2C[C@H]2CO)C1. The number of aliphatic hydroxyl groups excluding tert-OH is 1. The number of aliphatic hydroxyl groups is 1. The molecule has 2 fully saturated rings.